The fraction of sp³-hybridized carbons (Fsp3) is 0.364. The van der Waals surface area contributed by atoms with E-state index in [0.29, 0.717) is 16.5 Å². The number of rotatable bonds is 1. The molecule has 0 N–H and O–H groups in total. The lowest BCUT2D eigenvalue weighted by molar-refractivity contribution is -0.117. The Labute approximate surface area is 98.8 Å². The number of nitrogens with zero attached hydrogens (tertiary/aromatic N) is 1. The maximum absolute atomic E-state index is 11.6. The zero-order valence-electron chi connectivity index (χ0n) is 8.34. The van der Waals surface area contributed by atoms with Gasteiger partial charge in [0.1, 0.15) is 0 Å². The van der Waals surface area contributed by atoms with Crippen molar-refractivity contribution < 1.29 is 4.79 Å². The lowest BCUT2D eigenvalue weighted by Gasteiger charge is -2.21. The summed E-state index contributed by atoms with van der Waals surface area (Å²) in [6.45, 7) is 2.04. The van der Waals surface area contributed by atoms with Gasteiger partial charge in [0, 0.05) is 18.2 Å². The Morgan fingerprint density at radius 2 is 2.07 bits per heavy atom. The molecule has 0 spiro atoms. The molecule has 1 aliphatic rings. The van der Waals surface area contributed by atoms with Crippen LogP contribution in [0.2, 0.25) is 10.0 Å². The molecule has 1 aromatic carbocycles. The molecule has 80 valence electrons. The minimum Gasteiger partial charge on any atom is -0.310 e. The molecule has 15 heavy (non-hydrogen) atoms. The summed E-state index contributed by atoms with van der Waals surface area (Å²) in [4.78, 5) is 13.4. The van der Waals surface area contributed by atoms with Gasteiger partial charge in [0.25, 0.3) is 0 Å². The van der Waals surface area contributed by atoms with E-state index in [2.05, 4.69) is 0 Å². The SMILES string of the molecule is CC1CCC(=O)N1c1ccc(Cl)c(Cl)c1. The predicted octanol–water partition coefficient (Wildman–Crippen LogP) is 3.51. The fourth-order valence-electron chi connectivity index (χ4n) is 1.86. The first-order valence-electron chi connectivity index (χ1n) is 4.86. The van der Waals surface area contributed by atoms with Crippen molar-refractivity contribution in [3.63, 3.8) is 0 Å². The van der Waals surface area contributed by atoms with E-state index < -0.39 is 0 Å². The van der Waals surface area contributed by atoms with Crippen LogP contribution in [0.3, 0.4) is 0 Å². The van der Waals surface area contributed by atoms with Crippen LogP contribution < -0.4 is 4.90 Å². The van der Waals surface area contributed by atoms with Crippen LogP contribution in [0.15, 0.2) is 18.2 Å². The second kappa shape index (κ2) is 4.03. The van der Waals surface area contributed by atoms with Gasteiger partial charge in [-0.1, -0.05) is 23.2 Å². The highest BCUT2D eigenvalue weighted by atomic mass is 35.5. The molecule has 1 unspecified atom stereocenters. The van der Waals surface area contributed by atoms with Crippen LogP contribution in [0, 0.1) is 0 Å². The summed E-state index contributed by atoms with van der Waals surface area (Å²) in [5.41, 5.74) is 0.833. The van der Waals surface area contributed by atoms with E-state index in [1.54, 1.807) is 17.0 Å². The first kappa shape index (κ1) is 10.8. The molecule has 1 amide bonds. The molecule has 2 rings (SSSR count). The monoisotopic (exact) mass is 243 g/mol. The van der Waals surface area contributed by atoms with Crippen molar-refractivity contribution in [2.45, 2.75) is 25.8 Å². The molecule has 2 nitrogen and oxygen atoms in total. The van der Waals surface area contributed by atoms with Crippen LogP contribution in [0.25, 0.3) is 0 Å². The number of anilines is 1. The number of hydrogen-bond donors (Lipinski definition) is 0. The molecule has 0 aliphatic carbocycles. The number of carbonyl (C=O) groups is 1. The van der Waals surface area contributed by atoms with Gasteiger partial charge in [0.15, 0.2) is 0 Å². The van der Waals surface area contributed by atoms with Crippen LogP contribution >= 0.6 is 23.2 Å². The van der Waals surface area contributed by atoms with Gasteiger partial charge in [-0.25, -0.2) is 0 Å². The number of carbonyl (C=O) groups excluding carboxylic acids is 1. The molecule has 1 saturated heterocycles. The second-order valence-electron chi connectivity index (χ2n) is 3.75. The van der Waals surface area contributed by atoms with Gasteiger partial charge in [-0.2, -0.15) is 0 Å². The first-order valence-corrected chi connectivity index (χ1v) is 5.62. The van der Waals surface area contributed by atoms with Gasteiger partial charge in [-0.3, -0.25) is 4.79 Å². The maximum Gasteiger partial charge on any atom is 0.227 e. The smallest absolute Gasteiger partial charge is 0.227 e. The molecule has 0 saturated carbocycles. The number of halogens is 2. The molecule has 0 aromatic heterocycles. The highest BCUT2D eigenvalue weighted by Crippen LogP contribution is 2.31. The average molecular weight is 244 g/mol. The van der Waals surface area contributed by atoms with Crippen molar-refractivity contribution in [2.24, 2.45) is 0 Å². The molecule has 0 radical (unpaired) electrons. The van der Waals surface area contributed by atoms with Gasteiger partial charge >= 0.3 is 0 Å². The third-order valence-corrected chi connectivity index (χ3v) is 3.41. The summed E-state index contributed by atoms with van der Waals surface area (Å²) in [6, 6.07) is 5.53. The van der Waals surface area contributed by atoms with Crippen LogP contribution in [-0.2, 0) is 4.79 Å². The summed E-state index contributed by atoms with van der Waals surface area (Å²) < 4.78 is 0. The standard InChI is InChI=1S/C11H11Cl2NO/c1-7-2-5-11(15)14(7)8-3-4-9(12)10(13)6-8/h3-4,6-7H,2,5H2,1H3. The normalized spacial score (nSPS) is 21.1. The summed E-state index contributed by atoms with van der Waals surface area (Å²) in [6.07, 6.45) is 1.51. The number of hydrogen-bond acceptors (Lipinski definition) is 1. The average Bonchev–Trinajstić information content (AvgIpc) is 2.52. The predicted molar refractivity (Wildman–Crippen MR) is 62.6 cm³/mol. The van der Waals surface area contributed by atoms with E-state index in [-0.39, 0.29) is 11.9 Å². The van der Waals surface area contributed by atoms with Crippen molar-refractivity contribution in [3.8, 4) is 0 Å². The molecule has 1 fully saturated rings. The molecular weight excluding hydrogens is 233 g/mol. The summed E-state index contributed by atoms with van der Waals surface area (Å²) in [5, 5.41) is 1.00. The van der Waals surface area contributed by atoms with E-state index in [1.807, 2.05) is 13.0 Å². The van der Waals surface area contributed by atoms with E-state index in [4.69, 9.17) is 23.2 Å². The van der Waals surface area contributed by atoms with Crippen LogP contribution in [0.1, 0.15) is 19.8 Å². The summed E-state index contributed by atoms with van der Waals surface area (Å²) in [5.74, 6) is 0.154. The Bertz CT molecular complexity index is 406. The lowest BCUT2D eigenvalue weighted by atomic mass is 10.2. The molecule has 1 aliphatic heterocycles. The molecule has 4 heteroatoms. The zero-order chi connectivity index (χ0) is 11.0. The highest BCUT2D eigenvalue weighted by molar-refractivity contribution is 6.42. The summed E-state index contributed by atoms with van der Waals surface area (Å²) in [7, 11) is 0. The summed E-state index contributed by atoms with van der Waals surface area (Å²) >= 11 is 11.7. The number of benzene rings is 1. The van der Waals surface area contributed by atoms with Crippen molar-refractivity contribution in [1.29, 1.82) is 0 Å². The van der Waals surface area contributed by atoms with E-state index in [9.17, 15) is 4.79 Å². The van der Waals surface area contributed by atoms with Gasteiger partial charge in [-0.05, 0) is 31.5 Å². The number of amides is 1. The topological polar surface area (TPSA) is 20.3 Å². The molecule has 1 atom stereocenters. The fourth-order valence-corrected chi connectivity index (χ4v) is 2.15. The Hall–Kier alpha value is -0.730. The largest absolute Gasteiger partial charge is 0.310 e. The van der Waals surface area contributed by atoms with Crippen molar-refractivity contribution in [2.75, 3.05) is 4.90 Å². The van der Waals surface area contributed by atoms with Gasteiger partial charge in [0.2, 0.25) is 5.91 Å². The van der Waals surface area contributed by atoms with Gasteiger partial charge in [-0.15, -0.1) is 0 Å². The van der Waals surface area contributed by atoms with Crippen molar-refractivity contribution in [3.05, 3.63) is 28.2 Å². The van der Waals surface area contributed by atoms with Crippen LogP contribution in [-0.4, -0.2) is 11.9 Å². The van der Waals surface area contributed by atoms with E-state index in [1.165, 1.54) is 0 Å². The molecule has 0 bridgehead atoms. The lowest BCUT2D eigenvalue weighted by Crippen LogP contribution is -2.30. The van der Waals surface area contributed by atoms with Crippen LogP contribution in [0.5, 0.6) is 0 Å². The Balaban J connectivity index is 2.36. The zero-order valence-corrected chi connectivity index (χ0v) is 9.85. The van der Waals surface area contributed by atoms with Gasteiger partial charge < -0.3 is 4.90 Å². The third-order valence-electron chi connectivity index (χ3n) is 2.67. The molecule has 1 aromatic rings. The van der Waals surface area contributed by atoms with E-state index in [0.717, 1.165) is 12.1 Å². The van der Waals surface area contributed by atoms with Crippen molar-refractivity contribution >= 4 is 34.8 Å². The first-order chi connectivity index (χ1) is 7.09. The maximum atomic E-state index is 11.6. The van der Waals surface area contributed by atoms with E-state index >= 15 is 0 Å². The molecular formula is C11H11Cl2NO. The Morgan fingerprint density at radius 3 is 2.60 bits per heavy atom. The van der Waals surface area contributed by atoms with Crippen LogP contribution in [0.4, 0.5) is 5.69 Å². The van der Waals surface area contributed by atoms with Gasteiger partial charge in [0.05, 0.1) is 10.0 Å². The Kier molecular flexibility index (Phi) is 2.89. The Morgan fingerprint density at radius 1 is 1.33 bits per heavy atom. The third kappa shape index (κ3) is 1.97. The minimum atomic E-state index is 0.154. The quantitative estimate of drug-likeness (QED) is 0.740. The van der Waals surface area contributed by atoms with Crippen molar-refractivity contribution in [1.82, 2.24) is 0 Å². The molecule has 1 heterocycles. The second-order valence-corrected chi connectivity index (χ2v) is 4.56. The highest BCUT2D eigenvalue weighted by Gasteiger charge is 2.28. The minimum absolute atomic E-state index is 0.154.